The van der Waals surface area contributed by atoms with E-state index in [4.69, 9.17) is 9.47 Å². The van der Waals surface area contributed by atoms with Crippen molar-refractivity contribution in [3.05, 3.63) is 106 Å². The molecule has 0 aromatic heterocycles. The largest absolute Gasteiger partial charge is 0.507 e. The summed E-state index contributed by atoms with van der Waals surface area (Å²) in [7, 11) is 3.17. The summed E-state index contributed by atoms with van der Waals surface area (Å²) in [5.41, 5.74) is 4.49. The normalized spacial score (nSPS) is 20.0. The van der Waals surface area contributed by atoms with Gasteiger partial charge >= 0.3 is 0 Å². The number of para-hydroxylation sites is 1. The van der Waals surface area contributed by atoms with Crippen LogP contribution in [-0.4, -0.2) is 30.9 Å². The molecule has 0 saturated heterocycles. The maximum Gasteiger partial charge on any atom is 0.162 e. The minimum absolute atomic E-state index is 0.00115. The molecule has 0 radical (unpaired) electrons. The zero-order valence-electron chi connectivity index (χ0n) is 23.0. The summed E-state index contributed by atoms with van der Waals surface area (Å²) in [5.74, 6) is 0.516. The van der Waals surface area contributed by atoms with Gasteiger partial charge in [-0.05, 0) is 49.1 Å². The average molecular weight is 523 g/mol. The number of aryl methyl sites for hydroxylation is 1. The number of nitrogens with zero attached hydrogens (tertiary/aromatic N) is 1. The van der Waals surface area contributed by atoms with Crippen LogP contribution in [0, 0.1) is 17.7 Å². The summed E-state index contributed by atoms with van der Waals surface area (Å²) in [6.45, 7) is 6.15. The molecule has 200 valence electrons. The molecule has 0 amide bonds. The van der Waals surface area contributed by atoms with E-state index in [9.17, 15) is 15.3 Å². The number of Topliss-reactive ketones (excluding diaryl/α,β-unsaturated/α-hetero) is 1. The van der Waals surface area contributed by atoms with E-state index >= 15 is 0 Å². The third-order valence-electron chi connectivity index (χ3n) is 7.56. The van der Waals surface area contributed by atoms with Gasteiger partial charge in [0, 0.05) is 40.1 Å². The molecule has 6 heteroatoms. The van der Waals surface area contributed by atoms with Crippen LogP contribution in [0.25, 0.3) is 5.76 Å². The van der Waals surface area contributed by atoms with E-state index in [1.54, 1.807) is 26.4 Å². The highest BCUT2D eigenvalue weighted by Gasteiger charge is 2.47. The van der Waals surface area contributed by atoms with Crippen molar-refractivity contribution in [1.82, 2.24) is 0 Å². The molecule has 5 rings (SSSR count). The predicted molar refractivity (Wildman–Crippen MR) is 155 cm³/mol. The van der Waals surface area contributed by atoms with Gasteiger partial charge in [0.25, 0.3) is 0 Å². The van der Waals surface area contributed by atoms with Gasteiger partial charge in [-0.15, -0.1) is 0 Å². The Labute approximate surface area is 229 Å². The Kier molecular flexibility index (Phi) is 6.81. The smallest absolute Gasteiger partial charge is 0.162 e. The van der Waals surface area contributed by atoms with E-state index in [1.807, 2.05) is 72.5 Å². The second-order valence-electron chi connectivity index (χ2n) is 11.0. The fourth-order valence-electron chi connectivity index (χ4n) is 5.72. The number of methoxy groups -OCH3 is 2. The number of hydrogen-bond donors (Lipinski definition) is 2. The zero-order valence-corrected chi connectivity index (χ0v) is 23.0. The fourth-order valence-corrected chi connectivity index (χ4v) is 5.72. The van der Waals surface area contributed by atoms with Crippen molar-refractivity contribution >= 4 is 23.1 Å². The molecular formula is C33H34N2O4. The van der Waals surface area contributed by atoms with Gasteiger partial charge in [-0.3, -0.25) is 15.1 Å². The molecule has 1 unspecified atom stereocenters. The van der Waals surface area contributed by atoms with Crippen molar-refractivity contribution in [2.45, 2.75) is 39.5 Å². The molecule has 2 aliphatic rings. The Hall–Kier alpha value is -4.32. The maximum atomic E-state index is 14.1. The molecule has 2 N–H and O–H groups in total. The van der Waals surface area contributed by atoms with Crippen molar-refractivity contribution < 1.29 is 19.4 Å². The number of nitrogens with one attached hydrogen (secondary N) is 1. The molecule has 1 heterocycles. The summed E-state index contributed by atoms with van der Waals surface area (Å²) in [4.78, 5) is 15.9. The summed E-state index contributed by atoms with van der Waals surface area (Å²) in [6.07, 6.45) is 0.968. The molecule has 1 aliphatic carbocycles. The standard InChI is InChI=1S/C33H34N2O4/c1-20-11-13-21(14-12-20)31(37)30-28(24-17-23(38-4)15-16-27(24)39-5)29-25(18-33(2,3)19-26(29)36)35(32(30)34)22-9-7-6-8-10-22/h6-17,28,34,37H,18-19H2,1-5H3. The first-order chi connectivity index (χ1) is 18.6. The number of anilines is 1. The quantitative estimate of drug-likeness (QED) is 0.346. The summed E-state index contributed by atoms with van der Waals surface area (Å²) in [5, 5.41) is 21.5. The molecule has 0 spiro atoms. The number of allylic oxidation sites excluding steroid dienone is 2. The number of carbonyl (C=O) groups excluding carboxylic acids is 1. The van der Waals surface area contributed by atoms with Crippen LogP contribution in [0.1, 0.15) is 49.3 Å². The molecule has 6 nitrogen and oxygen atoms in total. The van der Waals surface area contributed by atoms with Crippen LogP contribution in [-0.2, 0) is 4.79 Å². The van der Waals surface area contributed by atoms with Gasteiger partial charge in [-0.1, -0.05) is 61.9 Å². The minimum Gasteiger partial charge on any atom is -0.507 e. The number of aliphatic hydroxyl groups excluding tert-OH is 1. The van der Waals surface area contributed by atoms with Crippen LogP contribution in [0.15, 0.2) is 89.6 Å². The topological polar surface area (TPSA) is 82.8 Å². The lowest BCUT2D eigenvalue weighted by Gasteiger charge is -2.45. The lowest BCUT2D eigenvalue weighted by molar-refractivity contribution is -0.118. The maximum absolute atomic E-state index is 14.1. The van der Waals surface area contributed by atoms with E-state index in [2.05, 4.69) is 13.8 Å². The van der Waals surface area contributed by atoms with Crippen LogP contribution >= 0.6 is 0 Å². The number of hydrogen-bond acceptors (Lipinski definition) is 5. The molecule has 0 bridgehead atoms. The van der Waals surface area contributed by atoms with Crippen molar-refractivity contribution in [3.8, 4) is 11.5 Å². The number of amidine groups is 1. The Bertz CT molecular complexity index is 1500. The third kappa shape index (κ3) is 4.71. The first-order valence-electron chi connectivity index (χ1n) is 13.1. The highest BCUT2D eigenvalue weighted by molar-refractivity contribution is 6.19. The number of aliphatic hydroxyl groups is 1. The van der Waals surface area contributed by atoms with E-state index in [1.165, 1.54) is 0 Å². The summed E-state index contributed by atoms with van der Waals surface area (Å²) < 4.78 is 11.3. The monoisotopic (exact) mass is 522 g/mol. The lowest BCUT2D eigenvalue weighted by Crippen LogP contribution is -2.45. The summed E-state index contributed by atoms with van der Waals surface area (Å²) in [6, 6.07) is 22.6. The Morgan fingerprint density at radius 3 is 2.31 bits per heavy atom. The van der Waals surface area contributed by atoms with Crippen LogP contribution in [0.2, 0.25) is 0 Å². The van der Waals surface area contributed by atoms with Crippen LogP contribution < -0.4 is 14.4 Å². The molecular weight excluding hydrogens is 488 g/mol. The first kappa shape index (κ1) is 26.3. The molecule has 3 aromatic rings. The Morgan fingerprint density at radius 1 is 0.974 bits per heavy atom. The predicted octanol–water partition coefficient (Wildman–Crippen LogP) is 7.21. The first-order valence-corrected chi connectivity index (χ1v) is 13.1. The van der Waals surface area contributed by atoms with Gasteiger partial charge < -0.3 is 14.6 Å². The molecule has 0 fully saturated rings. The third-order valence-corrected chi connectivity index (χ3v) is 7.56. The zero-order chi connectivity index (χ0) is 27.9. The van der Waals surface area contributed by atoms with Gasteiger partial charge in [0.1, 0.15) is 23.1 Å². The van der Waals surface area contributed by atoms with Crippen molar-refractivity contribution in [3.63, 3.8) is 0 Å². The minimum atomic E-state index is -0.720. The molecule has 1 atom stereocenters. The van der Waals surface area contributed by atoms with E-state index in [0.717, 1.165) is 16.9 Å². The van der Waals surface area contributed by atoms with Gasteiger partial charge in [0.15, 0.2) is 5.78 Å². The van der Waals surface area contributed by atoms with E-state index < -0.39 is 5.92 Å². The van der Waals surface area contributed by atoms with Crippen LogP contribution in [0.5, 0.6) is 11.5 Å². The van der Waals surface area contributed by atoms with Gasteiger partial charge in [-0.25, -0.2) is 0 Å². The molecule has 39 heavy (non-hydrogen) atoms. The van der Waals surface area contributed by atoms with Gasteiger partial charge in [0.05, 0.1) is 20.1 Å². The van der Waals surface area contributed by atoms with Crippen LogP contribution in [0.3, 0.4) is 0 Å². The number of rotatable bonds is 5. The highest BCUT2D eigenvalue weighted by Crippen LogP contribution is 2.53. The van der Waals surface area contributed by atoms with Crippen molar-refractivity contribution in [1.29, 1.82) is 5.41 Å². The number of ketones is 1. The van der Waals surface area contributed by atoms with Gasteiger partial charge in [0.2, 0.25) is 0 Å². The average Bonchev–Trinajstić information content (AvgIpc) is 2.92. The van der Waals surface area contributed by atoms with Crippen LogP contribution in [0.4, 0.5) is 5.69 Å². The highest BCUT2D eigenvalue weighted by atomic mass is 16.5. The number of benzene rings is 3. The SMILES string of the molecule is COc1ccc(OC)c(C2C(=C(O)c3ccc(C)cc3)C(=N)N(c3ccccc3)C3=C2C(=O)CC(C)(C)C3)c1. The Balaban J connectivity index is 1.89. The second kappa shape index (κ2) is 10.1. The Morgan fingerprint density at radius 2 is 1.67 bits per heavy atom. The fraction of sp³-hybridized carbons (Fsp3) is 0.273. The molecule has 1 aliphatic heterocycles. The van der Waals surface area contributed by atoms with Gasteiger partial charge in [-0.2, -0.15) is 0 Å². The molecule has 3 aromatic carbocycles. The van der Waals surface area contributed by atoms with Crippen molar-refractivity contribution in [2.75, 3.05) is 19.1 Å². The van der Waals surface area contributed by atoms with E-state index in [0.29, 0.717) is 46.6 Å². The summed E-state index contributed by atoms with van der Waals surface area (Å²) >= 11 is 0. The second-order valence-corrected chi connectivity index (χ2v) is 11.0. The lowest BCUT2D eigenvalue weighted by atomic mass is 9.67. The number of ether oxygens (including phenoxy) is 2. The van der Waals surface area contributed by atoms with E-state index in [-0.39, 0.29) is 22.8 Å². The molecule has 0 saturated carbocycles. The number of carbonyl (C=O) groups is 1. The van der Waals surface area contributed by atoms with Crippen molar-refractivity contribution in [2.24, 2.45) is 5.41 Å².